The number of alkyl halides is 4. The molecule has 0 atom stereocenters. The third kappa shape index (κ3) is 5.57. The van der Waals surface area contributed by atoms with Gasteiger partial charge in [0.1, 0.15) is 0 Å². The van der Waals surface area contributed by atoms with Crippen LogP contribution in [-0.2, 0) is 12.6 Å². The molecule has 1 aliphatic carbocycles. The lowest BCUT2D eigenvalue weighted by atomic mass is 9.85. The van der Waals surface area contributed by atoms with E-state index in [1.54, 1.807) is 6.07 Å². The second-order valence-electron chi connectivity index (χ2n) is 10.1. The van der Waals surface area contributed by atoms with Crippen molar-refractivity contribution in [3.63, 3.8) is 0 Å². The van der Waals surface area contributed by atoms with E-state index in [-0.39, 0.29) is 6.67 Å². The quantitative estimate of drug-likeness (QED) is 0.304. The van der Waals surface area contributed by atoms with Crippen molar-refractivity contribution in [2.75, 3.05) is 26.3 Å². The first-order valence-corrected chi connectivity index (χ1v) is 12.9. The highest BCUT2D eigenvalue weighted by Gasteiger charge is 2.31. The maximum Gasteiger partial charge on any atom is 0.416 e. The lowest BCUT2D eigenvalue weighted by Gasteiger charge is -2.33. The van der Waals surface area contributed by atoms with Gasteiger partial charge in [-0.2, -0.15) is 13.2 Å². The molecule has 37 heavy (non-hydrogen) atoms. The van der Waals surface area contributed by atoms with Crippen LogP contribution >= 0.6 is 0 Å². The zero-order valence-corrected chi connectivity index (χ0v) is 21.0. The molecular formula is C32H31F4N. The van der Waals surface area contributed by atoms with E-state index >= 15 is 0 Å². The highest BCUT2D eigenvalue weighted by Crippen LogP contribution is 2.42. The van der Waals surface area contributed by atoms with E-state index in [4.69, 9.17) is 0 Å². The van der Waals surface area contributed by atoms with E-state index in [1.807, 2.05) is 19.1 Å². The van der Waals surface area contributed by atoms with Gasteiger partial charge in [0.2, 0.25) is 0 Å². The molecule has 192 valence electrons. The van der Waals surface area contributed by atoms with Crippen LogP contribution in [0.3, 0.4) is 0 Å². The Hall–Kier alpha value is -3.18. The van der Waals surface area contributed by atoms with Gasteiger partial charge in [0.05, 0.1) is 12.2 Å². The van der Waals surface area contributed by atoms with Gasteiger partial charge in [0.25, 0.3) is 0 Å². The average molecular weight is 506 g/mol. The maximum atomic E-state index is 13.6. The van der Waals surface area contributed by atoms with E-state index in [0.29, 0.717) is 18.4 Å². The maximum absolute atomic E-state index is 13.6. The molecule has 1 heterocycles. The van der Waals surface area contributed by atoms with Crippen LogP contribution in [0.4, 0.5) is 17.6 Å². The molecule has 0 unspecified atom stereocenters. The third-order valence-electron chi connectivity index (χ3n) is 7.38. The van der Waals surface area contributed by atoms with E-state index in [0.717, 1.165) is 65.9 Å². The Morgan fingerprint density at radius 1 is 0.892 bits per heavy atom. The summed E-state index contributed by atoms with van der Waals surface area (Å²) >= 11 is 0. The van der Waals surface area contributed by atoms with Gasteiger partial charge >= 0.3 is 6.18 Å². The van der Waals surface area contributed by atoms with Gasteiger partial charge in [-0.3, -0.25) is 9.29 Å². The summed E-state index contributed by atoms with van der Waals surface area (Å²) in [5.41, 5.74) is 8.68. The molecule has 0 amide bonds. The van der Waals surface area contributed by atoms with Crippen LogP contribution in [0.25, 0.3) is 17.2 Å². The first kappa shape index (κ1) is 25.5. The van der Waals surface area contributed by atoms with Crippen molar-refractivity contribution >= 4 is 17.2 Å². The monoisotopic (exact) mass is 505 g/mol. The summed E-state index contributed by atoms with van der Waals surface area (Å²) in [5, 5.41) is 0. The second kappa shape index (κ2) is 10.7. The Morgan fingerprint density at radius 3 is 2.38 bits per heavy atom. The molecule has 3 aromatic carbocycles. The van der Waals surface area contributed by atoms with Crippen molar-refractivity contribution in [2.45, 2.75) is 38.8 Å². The van der Waals surface area contributed by atoms with Crippen LogP contribution in [-0.4, -0.2) is 31.2 Å². The molecule has 1 aliphatic heterocycles. The van der Waals surface area contributed by atoms with Crippen LogP contribution in [0.15, 0.2) is 72.3 Å². The number of benzene rings is 3. The van der Waals surface area contributed by atoms with Gasteiger partial charge < -0.3 is 0 Å². The summed E-state index contributed by atoms with van der Waals surface area (Å²) in [4.78, 5) is 2.23. The number of nitrogens with zero attached hydrogens (tertiary/aromatic N) is 1. The number of fused-ring (bicyclic) bond motifs is 1. The molecule has 2 aliphatic rings. The third-order valence-corrected chi connectivity index (χ3v) is 7.38. The summed E-state index contributed by atoms with van der Waals surface area (Å²) in [6.07, 6.45) is 0.866. The molecule has 5 rings (SSSR count). The van der Waals surface area contributed by atoms with Gasteiger partial charge in [-0.1, -0.05) is 60.7 Å². The Kier molecular flexibility index (Phi) is 7.34. The SMILES string of the molecule is Cc1ccc(C(F)(F)F)cc1C1=C(c2ccc(C=C3CN(CCCF)C3)cc2)c2ccccc2CCC1. The number of halogens is 4. The van der Waals surface area contributed by atoms with Gasteiger partial charge in [-0.15, -0.1) is 0 Å². The first-order chi connectivity index (χ1) is 17.8. The minimum absolute atomic E-state index is 0.280. The normalized spacial score (nSPS) is 16.3. The molecule has 0 bridgehead atoms. The van der Waals surface area contributed by atoms with Gasteiger partial charge in [0.15, 0.2) is 0 Å². The standard InChI is InChI=1S/C32H31F4N/c1-22-10-15-27(32(34,35)36)19-30(22)29-9-4-7-25-6-2-3-8-28(25)31(29)26-13-11-23(12-14-26)18-24-20-37(21-24)17-5-16-33/h2-3,6,8,10-15,18-19H,4-5,7,9,16-17,20-21H2,1H3. The number of hydrogen-bond acceptors (Lipinski definition) is 1. The van der Waals surface area contributed by atoms with Crippen LogP contribution in [0.2, 0.25) is 0 Å². The average Bonchev–Trinajstić information content (AvgIpc) is 3.05. The van der Waals surface area contributed by atoms with Crippen LogP contribution < -0.4 is 0 Å². The van der Waals surface area contributed by atoms with E-state index in [9.17, 15) is 17.6 Å². The Bertz CT molecular complexity index is 1320. The minimum atomic E-state index is -4.38. The molecule has 1 nitrogen and oxygen atoms in total. The smallest absolute Gasteiger partial charge is 0.295 e. The number of likely N-dealkylation sites (tertiary alicyclic amines) is 1. The Labute approximate surface area is 216 Å². The summed E-state index contributed by atoms with van der Waals surface area (Å²) < 4.78 is 53.3. The molecule has 1 saturated heterocycles. The fourth-order valence-electron chi connectivity index (χ4n) is 5.49. The summed E-state index contributed by atoms with van der Waals surface area (Å²) in [7, 11) is 0. The van der Waals surface area contributed by atoms with Crippen molar-refractivity contribution in [3.05, 3.63) is 111 Å². The van der Waals surface area contributed by atoms with E-state index < -0.39 is 11.7 Å². The molecule has 0 saturated carbocycles. The van der Waals surface area contributed by atoms with E-state index in [1.165, 1.54) is 23.3 Å². The molecule has 0 N–H and O–H groups in total. The van der Waals surface area contributed by atoms with E-state index in [2.05, 4.69) is 47.4 Å². The zero-order valence-electron chi connectivity index (χ0n) is 21.0. The molecule has 5 heteroatoms. The second-order valence-corrected chi connectivity index (χ2v) is 10.1. The molecule has 0 radical (unpaired) electrons. The zero-order chi connectivity index (χ0) is 26.0. The highest BCUT2D eigenvalue weighted by atomic mass is 19.4. The van der Waals surface area contributed by atoms with Gasteiger partial charge in [-0.05, 0) is 94.8 Å². The molecule has 0 spiro atoms. The molecule has 3 aromatic rings. The van der Waals surface area contributed by atoms with Crippen molar-refractivity contribution < 1.29 is 17.6 Å². The topological polar surface area (TPSA) is 3.24 Å². The largest absolute Gasteiger partial charge is 0.416 e. The van der Waals surface area contributed by atoms with Crippen LogP contribution in [0.5, 0.6) is 0 Å². The predicted octanol–water partition coefficient (Wildman–Crippen LogP) is 8.37. The fraction of sp³-hybridized carbons (Fsp3) is 0.312. The Morgan fingerprint density at radius 2 is 1.65 bits per heavy atom. The predicted molar refractivity (Wildman–Crippen MR) is 143 cm³/mol. The summed E-state index contributed by atoms with van der Waals surface area (Å²) in [6.45, 7) is 4.15. The summed E-state index contributed by atoms with van der Waals surface area (Å²) in [6, 6.07) is 20.7. The number of hydrogen-bond donors (Lipinski definition) is 0. The minimum Gasteiger partial charge on any atom is -0.295 e. The lowest BCUT2D eigenvalue weighted by molar-refractivity contribution is -0.137. The molecule has 0 aromatic heterocycles. The first-order valence-electron chi connectivity index (χ1n) is 12.9. The van der Waals surface area contributed by atoms with Crippen LogP contribution in [0.1, 0.15) is 58.2 Å². The van der Waals surface area contributed by atoms with Gasteiger partial charge in [-0.25, -0.2) is 0 Å². The van der Waals surface area contributed by atoms with Crippen molar-refractivity contribution in [1.29, 1.82) is 0 Å². The number of rotatable bonds is 6. The summed E-state index contributed by atoms with van der Waals surface area (Å²) in [5.74, 6) is 0. The lowest BCUT2D eigenvalue weighted by Crippen LogP contribution is -2.40. The van der Waals surface area contributed by atoms with Crippen molar-refractivity contribution in [3.8, 4) is 0 Å². The molecule has 1 fully saturated rings. The van der Waals surface area contributed by atoms with Gasteiger partial charge in [0, 0.05) is 19.6 Å². The number of allylic oxidation sites excluding steroid dienone is 1. The van der Waals surface area contributed by atoms with Crippen molar-refractivity contribution in [2.24, 2.45) is 0 Å². The fourth-order valence-corrected chi connectivity index (χ4v) is 5.49. The number of aryl methyl sites for hydroxylation is 2. The highest BCUT2D eigenvalue weighted by molar-refractivity contribution is 6.00. The Balaban J connectivity index is 1.56. The molecular weight excluding hydrogens is 474 g/mol. The van der Waals surface area contributed by atoms with Crippen LogP contribution in [0, 0.1) is 6.92 Å². The van der Waals surface area contributed by atoms with Crippen molar-refractivity contribution in [1.82, 2.24) is 4.90 Å².